The van der Waals surface area contributed by atoms with Crippen LogP contribution in [0.1, 0.15) is 18.0 Å². The number of H-pyrrole nitrogens is 1. The molecule has 0 amide bonds. The third-order valence-corrected chi connectivity index (χ3v) is 0.970. The van der Waals surface area contributed by atoms with E-state index >= 15 is 0 Å². The molecular weight excluding hydrogens is 124 g/mol. The number of hydrogen-bond donors (Lipinski definition) is 1. The third-order valence-electron chi connectivity index (χ3n) is 0.747. The van der Waals surface area contributed by atoms with E-state index in [4.69, 9.17) is 12.6 Å². The second kappa shape index (κ2) is 2.13. The minimum atomic E-state index is -0.0231. The molecule has 1 heterocycles. The Kier molecular flexibility index (Phi) is 1.48. The average molecular weight is 129 g/mol. The first-order valence-corrected chi connectivity index (χ1v) is 2.67. The van der Waals surface area contributed by atoms with E-state index in [-0.39, 0.29) is 5.25 Å². The molecule has 8 heavy (non-hydrogen) atoms. The summed E-state index contributed by atoms with van der Waals surface area (Å²) in [5.41, 5.74) is 0. The van der Waals surface area contributed by atoms with Crippen molar-refractivity contribution >= 4 is 12.6 Å². The lowest BCUT2D eigenvalue weighted by Crippen LogP contribution is -1.86. The highest BCUT2D eigenvalue weighted by atomic mass is 32.1. The summed E-state index contributed by atoms with van der Waals surface area (Å²) in [4.78, 5) is 0. The van der Waals surface area contributed by atoms with Crippen molar-refractivity contribution in [3.8, 4) is 0 Å². The lowest BCUT2D eigenvalue weighted by Gasteiger charge is -1.89. The zero-order valence-corrected chi connectivity index (χ0v) is 5.14. The molecule has 0 aliphatic heterocycles. The first kappa shape index (κ1) is 5.55. The van der Waals surface area contributed by atoms with Crippen LogP contribution < -0.4 is 0 Å². The summed E-state index contributed by atoms with van der Waals surface area (Å²) in [6, 6.07) is 0. The van der Waals surface area contributed by atoms with Crippen LogP contribution in [0.15, 0.2) is 0 Å². The molecule has 0 fully saturated rings. The number of nitrogens with zero attached hydrogens (tertiary/aromatic N) is 3. The van der Waals surface area contributed by atoms with Crippen LogP contribution in [0.25, 0.3) is 0 Å². The Balaban J connectivity index is 2.77. The molecule has 0 bridgehead atoms. The van der Waals surface area contributed by atoms with Crippen LogP contribution in [0.5, 0.6) is 0 Å². The van der Waals surface area contributed by atoms with Gasteiger partial charge in [0.2, 0.25) is 0 Å². The van der Waals surface area contributed by atoms with Gasteiger partial charge in [0.05, 0.1) is 5.25 Å². The van der Waals surface area contributed by atoms with Crippen molar-refractivity contribution < 1.29 is 0 Å². The second-order valence-electron chi connectivity index (χ2n) is 1.43. The Bertz CT molecular complexity index is 146. The van der Waals surface area contributed by atoms with Gasteiger partial charge in [0.1, 0.15) is 0 Å². The number of hydrogen-bond acceptors (Lipinski definition) is 3. The van der Waals surface area contributed by atoms with E-state index in [2.05, 4.69) is 20.6 Å². The van der Waals surface area contributed by atoms with Crippen LogP contribution in [0.3, 0.4) is 0 Å². The summed E-state index contributed by atoms with van der Waals surface area (Å²) >= 11 is 4.83. The lowest BCUT2D eigenvalue weighted by atomic mass is 10.5. The van der Waals surface area contributed by atoms with Gasteiger partial charge in [-0.15, -0.1) is 5.10 Å². The topological polar surface area (TPSA) is 54.5 Å². The molecule has 1 unspecified atom stereocenters. The van der Waals surface area contributed by atoms with Gasteiger partial charge in [-0.3, -0.25) is 0 Å². The predicted molar refractivity (Wildman–Crippen MR) is 30.2 cm³/mol. The standard InChI is InChI=1S/C3H5N4S/c1-2(8)3-4-6-7-5-3/h2H,1H3,(H,4,5,6,7). The molecule has 1 aromatic rings. The van der Waals surface area contributed by atoms with E-state index in [0.717, 1.165) is 0 Å². The predicted octanol–water partition coefficient (Wildman–Crippen LogP) is 0.458. The maximum Gasteiger partial charge on any atom is 0.162 e. The summed E-state index contributed by atoms with van der Waals surface area (Å²) in [6.07, 6.45) is 0. The minimum absolute atomic E-state index is 0.0231. The zero-order chi connectivity index (χ0) is 5.98. The fraction of sp³-hybridized carbons (Fsp3) is 0.667. The Morgan fingerprint density at radius 2 is 2.50 bits per heavy atom. The van der Waals surface area contributed by atoms with Gasteiger partial charge in [-0.25, -0.2) is 5.10 Å². The molecule has 4 nitrogen and oxygen atoms in total. The van der Waals surface area contributed by atoms with Crippen molar-refractivity contribution in [2.45, 2.75) is 12.2 Å². The number of nitrogens with one attached hydrogen (secondary N) is 1. The van der Waals surface area contributed by atoms with Crippen LogP contribution in [0.2, 0.25) is 0 Å². The van der Waals surface area contributed by atoms with Gasteiger partial charge < -0.3 is 0 Å². The SMILES string of the molecule is CC([S])c1nnn[nH]1. The van der Waals surface area contributed by atoms with Crippen molar-refractivity contribution in [3.63, 3.8) is 0 Å². The normalized spacial score (nSPS) is 13.8. The Morgan fingerprint density at radius 3 is 2.75 bits per heavy atom. The van der Waals surface area contributed by atoms with Crippen molar-refractivity contribution in [1.82, 2.24) is 20.6 Å². The third kappa shape index (κ3) is 0.975. The molecule has 0 aliphatic rings. The smallest absolute Gasteiger partial charge is 0.162 e. The molecule has 1 atom stereocenters. The van der Waals surface area contributed by atoms with Crippen LogP contribution in [0, 0.1) is 0 Å². The van der Waals surface area contributed by atoms with Crippen molar-refractivity contribution in [3.05, 3.63) is 5.82 Å². The van der Waals surface area contributed by atoms with Gasteiger partial charge >= 0.3 is 0 Å². The van der Waals surface area contributed by atoms with E-state index < -0.39 is 0 Å². The fourth-order valence-corrected chi connectivity index (χ4v) is 0.439. The molecule has 1 N–H and O–H groups in total. The van der Waals surface area contributed by atoms with Gasteiger partial charge in [-0.2, -0.15) is 0 Å². The summed E-state index contributed by atoms with van der Waals surface area (Å²) in [5.74, 6) is 0.653. The average Bonchev–Trinajstić information content (AvgIpc) is 2.12. The van der Waals surface area contributed by atoms with E-state index in [1.807, 2.05) is 6.92 Å². The molecule has 0 aromatic carbocycles. The minimum Gasteiger partial charge on any atom is -0.242 e. The highest BCUT2D eigenvalue weighted by Crippen LogP contribution is 2.10. The van der Waals surface area contributed by atoms with Gasteiger partial charge in [0.15, 0.2) is 5.82 Å². The first-order chi connectivity index (χ1) is 3.80. The maximum atomic E-state index is 4.83. The van der Waals surface area contributed by atoms with E-state index in [1.54, 1.807) is 0 Å². The van der Waals surface area contributed by atoms with E-state index in [9.17, 15) is 0 Å². The quantitative estimate of drug-likeness (QED) is 0.599. The molecule has 1 radical (unpaired) electrons. The molecular formula is C3H5N4S. The van der Waals surface area contributed by atoms with Gasteiger partial charge in [-0.05, 0) is 17.4 Å². The van der Waals surface area contributed by atoms with Crippen molar-refractivity contribution in [1.29, 1.82) is 0 Å². The van der Waals surface area contributed by atoms with Crippen LogP contribution >= 0.6 is 12.6 Å². The number of aromatic nitrogens is 4. The first-order valence-electron chi connectivity index (χ1n) is 2.20. The summed E-state index contributed by atoms with van der Waals surface area (Å²) in [5, 5.41) is 12.8. The molecule has 1 rings (SSSR count). The molecule has 43 valence electrons. The summed E-state index contributed by atoms with van der Waals surface area (Å²) in [7, 11) is 0. The van der Waals surface area contributed by atoms with E-state index in [0.29, 0.717) is 5.82 Å². The monoisotopic (exact) mass is 129 g/mol. The highest BCUT2D eigenvalue weighted by Gasteiger charge is 2.01. The number of tetrazole rings is 1. The molecule has 1 aromatic heterocycles. The largest absolute Gasteiger partial charge is 0.242 e. The van der Waals surface area contributed by atoms with Crippen LogP contribution in [-0.4, -0.2) is 20.6 Å². The van der Waals surface area contributed by atoms with Gasteiger partial charge in [0.25, 0.3) is 0 Å². The molecule has 5 heteroatoms. The summed E-state index contributed by atoms with van der Waals surface area (Å²) < 4.78 is 0. The van der Waals surface area contributed by atoms with Crippen molar-refractivity contribution in [2.75, 3.05) is 0 Å². The molecule has 0 saturated carbocycles. The maximum absolute atomic E-state index is 4.83. The van der Waals surface area contributed by atoms with Crippen LogP contribution in [0.4, 0.5) is 0 Å². The van der Waals surface area contributed by atoms with Crippen LogP contribution in [-0.2, 0) is 0 Å². The van der Waals surface area contributed by atoms with Gasteiger partial charge in [-0.1, -0.05) is 12.6 Å². The van der Waals surface area contributed by atoms with Crippen molar-refractivity contribution in [2.24, 2.45) is 0 Å². The Morgan fingerprint density at radius 1 is 1.75 bits per heavy atom. The highest BCUT2D eigenvalue weighted by molar-refractivity contribution is 7.80. The summed E-state index contributed by atoms with van der Waals surface area (Å²) in [6.45, 7) is 1.84. The number of aromatic amines is 1. The molecule has 0 aliphatic carbocycles. The Hall–Kier alpha value is -0.580. The zero-order valence-electron chi connectivity index (χ0n) is 4.33. The fourth-order valence-electron chi connectivity index (χ4n) is 0.339. The lowest BCUT2D eigenvalue weighted by molar-refractivity contribution is 0.881. The number of rotatable bonds is 1. The van der Waals surface area contributed by atoms with E-state index in [1.165, 1.54) is 0 Å². The van der Waals surface area contributed by atoms with Gasteiger partial charge in [0, 0.05) is 0 Å². The molecule has 0 saturated heterocycles. The second-order valence-corrected chi connectivity index (χ2v) is 2.14. The Labute approximate surface area is 52.1 Å². The molecule has 0 spiro atoms.